The van der Waals surface area contributed by atoms with Gasteiger partial charge in [0.15, 0.2) is 6.04 Å². The molecule has 0 saturated heterocycles. The Bertz CT molecular complexity index is 781. The number of amides is 1. The highest BCUT2D eigenvalue weighted by atomic mass is 32.3. The quantitative estimate of drug-likeness (QED) is 0.787. The van der Waals surface area contributed by atoms with Crippen molar-refractivity contribution in [3.8, 4) is 0 Å². The van der Waals surface area contributed by atoms with E-state index in [0.29, 0.717) is 10.6 Å². The van der Waals surface area contributed by atoms with Crippen molar-refractivity contribution in [1.82, 2.24) is 4.72 Å². The van der Waals surface area contributed by atoms with E-state index in [1.165, 1.54) is 5.55 Å². The summed E-state index contributed by atoms with van der Waals surface area (Å²) in [4.78, 5) is 31.1. The summed E-state index contributed by atoms with van der Waals surface area (Å²) in [5, 5.41) is 9.05. The lowest BCUT2D eigenvalue weighted by atomic mass is 10.3. The molecule has 0 saturated carbocycles. The number of hydrogen-bond acceptors (Lipinski definition) is 5. The van der Waals surface area contributed by atoms with Crippen LogP contribution < -0.4 is 4.72 Å². The first-order chi connectivity index (χ1) is 11.2. The molecular formula is C13H10F3N3O3S2. The van der Waals surface area contributed by atoms with Crippen LogP contribution in [0.3, 0.4) is 0 Å². The van der Waals surface area contributed by atoms with Crippen molar-refractivity contribution < 1.29 is 27.9 Å². The third-order valence-electron chi connectivity index (χ3n) is 3.26. The minimum Gasteiger partial charge on any atom is -0.480 e. The summed E-state index contributed by atoms with van der Waals surface area (Å²) >= 11 is 1.02. The summed E-state index contributed by atoms with van der Waals surface area (Å²) in [7, 11) is -2.81. The summed E-state index contributed by atoms with van der Waals surface area (Å²) in [6.45, 7) is 0. The Morgan fingerprint density at radius 1 is 1.33 bits per heavy atom. The number of carboxylic acid groups (broad SMARTS) is 1. The number of carbonyl (C=O) groups is 2. The van der Waals surface area contributed by atoms with E-state index in [2.05, 4.69) is 9.98 Å². The number of carboxylic acids is 1. The molecule has 1 amide bonds. The molecule has 2 N–H and O–H groups in total. The number of para-hydroxylation sites is 1. The predicted molar refractivity (Wildman–Crippen MR) is 86.0 cm³/mol. The largest absolute Gasteiger partial charge is 0.480 e. The minimum absolute atomic E-state index is 0.0946. The first-order valence-electron chi connectivity index (χ1n) is 6.53. The molecule has 11 heteroatoms. The van der Waals surface area contributed by atoms with E-state index < -0.39 is 34.3 Å². The molecule has 2 heterocycles. The Balaban J connectivity index is 2.08. The molecule has 1 aromatic rings. The zero-order chi connectivity index (χ0) is 17.5. The van der Waals surface area contributed by atoms with Gasteiger partial charge in [0.05, 0.1) is 11.2 Å². The molecule has 0 aliphatic carbocycles. The molecule has 0 bridgehead atoms. The van der Waals surface area contributed by atoms with Gasteiger partial charge in [-0.3, -0.25) is 14.5 Å². The Morgan fingerprint density at radius 2 is 2.04 bits per heavy atom. The van der Waals surface area contributed by atoms with Gasteiger partial charge in [-0.25, -0.2) is 9.79 Å². The highest BCUT2D eigenvalue weighted by molar-refractivity contribution is 8.64. The molecule has 2 atom stereocenters. The molecule has 2 unspecified atom stereocenters. The van der Waals surface area contributed by atoms with E-state index in [1.807, 2.05) is 4.72 Å². The number of halogens is 3. The maximum atomic E-state index is 12.8. The molecule has 0 spiro atoms. The van der Waals surface area contributed by atoms with Gasteiger partial charge in [0.25, 0.3) is 0 Å². The van der Waals surface area contributed by atoms with Gasteiger partial charge in [0, 0.05) is 10.6 Å². The van der Waals surface area contributed by atoms with Gasteiger partial charge in [-0.05, 0) is 22.3 Å². The van der Waals surface area contributed by atoms with Crippen LogP contribution in [-0.4, -0.2) is 44.9 Å². The molecule has 0 fully saturated rings. The minimum atomic E-state index is -5.07. The number of carbonyl (C=O) groups excluding carboxylic acids is 1. The number of alkyl halides is 3. The lowest BCUT2D eigenvalue weighted by Gasteiger charge is -2.34. The molecule has 0 radical (unpaired) electrons. The Morgan fingerprint density at radius 3 is 2.67 bits per heavy atom. The number of fused-ring (bicyclic) bond motifs is 1. The topological polar surface area (TPSA) is 91.1 Å². The Kier molecular flexibility index (Phi) is 4.08. The summed E-state index contributed by atoms with van der Waals surface area (Å²) in [6, 6.07) is 5.39. The summed E-state index contributed by atoms with van der Waals surface area (Å²) in [5.41, 5.74) is 1.68. The Labute approximate surface area is 139 Å². The van der Waals surface area contributed by atoms with Crippen molar-refractivity contribution in [3.63, 3.8) is 0 Å². The van der Waals surface area contributed by atoms with Gasteiger partial charge in [-0.1, -0.05) is 23.9 Å². The first kappa shape index (κ1) is 16.8. The van der Waals surface area contributed by atoms with Crippen LogP contribution in [0.2, 0.25) is 0 Å². The van der Waals surface area contributed by atoms with Crippen LogP contribution in [0.15, 0.2) is 39.1 Å². The van der Waals surface area contributed by atoms with Crippen LogP contribution >= 0.6 is 22.0 Å². The molecule has 6 nitrogen and oxygen atoms in total. The second-order valence-electron chi connectivity index (χ2n) is 4.85. The van der Waals surface area contributed by atoms with Crippen molar-refractivity contribution in [3.05, 3.63) is 24.3 Å². The zero-order valence-corrected chi connectivity index (χ0v) is 13.4. The number of nitrogens with one attached hydrogen (secondary N) is 1. The van der Waals surface area contributed by atoms with E-state index >= 15 is 0 Å². The molecule has 24 heavy (non-hydrogen) atoms. The fourth-order valence-electron chi connectivity index (χ4n) is 2.15. The number of thioether (sulfide) groups is 1. The molecule has 2 aliphatic rings. The fraction of sp³-hybridized carbons (Fsp3) is 0.231. The van der Waals surface area contributed by atoms with E-state index in [4.69, 9.17) is 5.11 Å². The van der Waals surface area contributed by atoms with Crippen LogP contribution in [0.1, 0.15) is 0 Å². The van der Waals surface area contributed by atoms with Gasteiger partial charge in [0.1, 0.15) is 4.38 Å². The van der Waals surface area contributed by atoms with Crippen molar-refractivity contribution in [2.24, 2.45) is 9.98 Å². The monoisotopic (exact) mass is 377 g/mol. The normalized spacial score (nSPS) is 28.0. The van der Waals surface area contributed by atoms with Crippen LogP contribution in [0, 0.1) is 0 Å². The molecule has 2 aliphatic heterocycles. The van der Waals surface area contributed by atoms with Crippen molar-refractivity contribution in [2.45, 2.75) is 17.1 Å². The SMILES string of the molecule is O=C(O)C1CSC(S2(NC(=O)C(F)(F)F)C=Nc3ccccc32)=N1. The smallest absolute Gasteiger partial charge is 0.472 e. The van der Waals surface area contributed by atoms with Gasteiger partial charge >= 0.3 is 18.1 Å². The van der Waals surface area contributed by atoms with Crippen molar-refractivity contribution in [1.29, 1.82) is 0 Å². The summed E-state index contributed by atoms with van der Waals surface area (Å²) in [5.74, 6) is -3.18. The second-order valence-corrected chi connectivity index (χ2v) is 8.68. The van der Waals surface area contributed by atoms with Crippen LogP contribution in [0.25, 0.3) is 0 Å². The molecule has 0 aromatic heterocycles. The van der Waals surface area contributed by atoms with Crippen LogP contribution in [0.5, 0.6) is 0 Å². The molecular weight excluding hydrogens is 367 g/mol. The van der Waals surface area contributed by atoms with E-state index in [9.17, 15) is 22.8 Å². The molecule has 1 aromatic carbocycles. The van der Waals surface area contributed by atoms with E-state index in [0.717, 1.165) is 11.8 Å². The maximum absolute atomic E-state index is 12.8. The van der Waals surface area contributed by atoms with Crippen LogP contribution in [-0.2, 0) is 9.59 Å². The molecule has 3 rings (SSSR count). The number of rotatable bonds is 1. The van der Waals surface area contributed by atoms with Crippen LogP contribution in [0.4, 0.5) is 18.9 Å². The average molecular weight is 377 g/mol. The van der Waals surface area contributed by atoms with E-state index in [1.54, 1.807) is 24.3 Å². The lowest BCUT2D eigenvalue weighted by Crippen LogP contribution is -2.40. The number of nitrogens with zero attached hydrogens (tertiary/aromatic N) is 2. The highest BCUT2D eigenvalue weighted by Gasteiger charge is 2.47. The average Bonchev–Trinajstić information content (AvgIpc) is 3.13. The third kappa shape index (κ3) is 2.77. The van der Waals surface area contributed by atoms with Crippen molar-refractivity contribution in [2.75, 3.05) is 5.75 Å². The van der Waals surface area contributed by atoms with Gasteiger partial charge in [-0.15, -0.1) is 0 Å². The predicted octanol–water partition coefficient (Wildman–Crippen LogP) is 2.67. The first-order valence-corrected chi connectivity index (χ1v) is 9.21. The van der Waals surface area contributed by atoms with Crippen molar-refractivity contribution >= 4 is 49.5 Å². The summed E-state index contributed by atoms with van der Waals surface area (Å²) < 4.78 is 40.4. The number of aliphatic carboxylic acids is 1. The van der Waals surface area contributed by atoms with E-state index in [-0.39, 0.29) is 10.1 Å². The number of aliphatic imine (C=N–C) groups is 2. The van der Waals surface area contributed by atoms with Gasteiger partial charge < -0.3 is 5.11 Å². The zero-order valence-electron chi connectivity index (χ0n) is 11.8. The molecule has 128 valence electrons. The summed E-state index contributed by atoms with van der Waals surface area (Å²) in [6.07, 6.45) is -5.07. The number of benzene rings is 1. The van der Waals surface area contributed by atoms with Gasteiger partial charge in [-0.2, -0.15) is 13.2 Å². The highest BCUT2D eigenvalue weighted by Crippen LogP contribution is 2.62. The third-order valence-corrected chi connectivity index (χ3v) is 7.86. The fourth-order valence-corrected chi connectivity index (χ4v) is 6.70. The number of hydrogen-bond donors (Lipinski definition) is 2. The standard InChI is InChI=1S/C13H10F3N3O3S2/c14-13(15,16)11(22)19-24(12-18-8(5-23-12)10(20)21)6-17-7-3-1-2-4-9(7)24/h1-4,6,8H,5H2,(H,19,22)(H,20,21). The second kappa shape index (κ2) is 5.81. The lowest BCUT2D eigenvalue weighted by molar-refractivity contribution is -0.171. The Hall–Kier alpha value is -2.01. The van der Waals surface area contributed by atoms with Gasteiger partial charge in [0.2, 0.25) is 0 Å². The maximum Gasteiger partial charge on any atom is 0.472 e.